The number of nitrogens with one attached hydrogen (secondary N) is 2. The summed E-state index contributed by atoms with van der Waals surface area (Å²) in [6, 6.07) is 6.61. The number of likely N-dealkylation sites (N-methyl/N-ethyl adjacent to an activating group) is 1. The first-order chi connectivity index (χ1) is 11.6. The van der Waals surface area contributed by atoms with Gasteiger partial charge in [-0.15, -0.1) is 0 Å². The SMILES string of the molecule is CCN1CCN(c2ccc(NC(=S)NCCCSC)c(C)c2)CC1. The molecule has 0 aliphatic carbocycles. The Bertz CT molecular complexity index is 528. The molecule has 2 N–H and O–H groups in total. The average molecular weight is 367 g/mol. The number of aryl methyl sites for hydroxylation is 1. The van der Waals surface area contributed by atoms with E-state index in [1.807, 2.05) is 11.8 Å². The highest BCUT2D eigenvalue weighted by atomic mass is 32.2. The number of thiocarbonyl (C=S) groups is 1. The zero-order valence-corrected chi connectivity index (χ0v) is 16.7. The average Bonchev–Trinajstić information content (AvgIpc) is 2.60. The third-order valence-corrected chi connectivity index (χ3v) is 5.40. The van der Waals surface area contributed by atoms with Crippen molar-refractivity contribution in [3.63, 3.8) is 0 Å². The van der Waals surface area contributed by atoms with Crippen molar-refractivity contribution in [1.82, 2.24) is 10.2 Å². The summed E-state index contributed by atoms with van der Waals surface area (Å²) in [6.45, 7) is 11.0. The third kappa shape index (κ3) is 5.83. The monoisotopic (exact) mass is 366 g/mol. The predicted molar refractivity (Wildman–Crippen MR) is 113 cm³/mol. The Hall–Kier alpha value is -0.980. The van der Waals surface area contributed by atoms with Crippen LogP contribution in [0.3, 0.4) is 0 Å². The molecule has 6 heteroatoms. The number of hydrogen-bond acceptors (Lipinski definition) is 4. The van der Waals surface area contributed by atoms with Crippen molar-refractivity contribution in [1.29, 1.82) is 0 Å². The minimum absolute atomic E-state index is 0.712. The minimum Gasteiger partial charge on any atom is -0.369 e. The molecule has 0 bridgehead atoms. The molecule has 0 amide bonds. The van der Waals surface area contributed by atoms with Crippen LogP contribution in [-0.2, 0) is 0 Å². The Morgan fingerprint density at radius 1 is 1.25 bits per heavy atom. The van der Waals surface area contributed by atoms with E-state index in [0.29, 0.717) is 5.11 Å². The largest absolute Gasteiger partial charge is 0.369 e. The van der Waals surface area contributed by atoms with Gasteiger partial charge in [0.05, 0.1) is 0 Å². The number of hydrogen-bond donors (Lipinski definition) is 2. The van der Waals surface area contributed by atoms with Crippen LogP contribution in [0.25, 0.3) is 0 Å². The van der Waals surface area contributed by atoms with Crippen LogP contribution in [0.4, 0.5) is 11.4 Å². The van der Waals surface area contributed by atoms with Gasteiger partial charge in [-0.25, -0.2) is 0 Å². The lowest BCUT2D eigenvalue weighted by atomic mass is 10.1. The summed E-state index contributed by atoms with van der Waals surface area (Å²) in [4.78, 5) is 4.97. The summed E-state index contributed by atoms with van der Waals surface area (Å²) in [6.07, 6.45) is 3.26. The van der Waals surface area contributed by atoms with Crippen molar-refractivity contribution >= 4 is 40.5 Å². The first-order valence-electron chi connectivity index (χ1n) is 8.75. The molecule has 1 heterocycles. The maximum absolute atomic E-state index is 5.38. The van der Waals surface area contributed by atoms with Gasteiger partial charge in [0.2, 0.25) is 0 Å². The van der Waals surface area contributed by atoms with Crippen LogP contribution < -0.4 is 15.5 Å². The van der Waals surface area contributed by atoms with E-state index in [4.69, 9.17) is 12.2 Å². The van der Waals surface area contributed by atoms with Crippen molar-refractivity contribution in [2.75, 3.05) is 61.5 Å². The van der Waals surface area contributed by atoms with Gasteiger partial charge < -0.3 is 20.4 Å². The summed E-state index contributed by atoms with van der Waals surface area (Å²) in [7, 11) is 0. The summed E-state index contributed by atoms with van der Waals surface area (Å²) < 4.78 is 0. The molecule has 0 unspecified atom stereocenters. The first kappa shape index (κ1) is 19.3. The van der Waals surface area contributed by atoms with Gasteiger partial charge in [0.15, 0.2) is 5.11 Å². The smallest absolute Gasteiger partial charge is 0.170 e. The van der Waals surface area contributed by atoms with Crippen LogP contribution in [-0.4, -0.2) is 61.3 Å². The van der Waals surface area contributed by atoms with Crippen molar-refractivity contribution in [3.05, 3.63) is 23.8 Å². The molecule has 0 aromatic heterocycles. The summed E-state index contributed by atoms with van der Waals surface area (Å²) in [5.74, 6) is 1.16. The Morgan fingerprint density at radius 2 is 2.00 bits per heavy atom. The van der Waals surface area contributed by atoms with Gasteiger partial charge in [-0.2, -0.15) is 11.8 Å². The molecule has 1 aliphatic rings. The topological polar surface area (TPSA) is 30.5 Å². The lowest BCUT2D eigenvalue weighted by Crippen LogP contribution is -2.46. The minimum atomic E-state index is 0.712. The Morgan fingerprint density at radius 3 is 2.62 bits per heavy atom. The number of anilines is 2. The maximum atomic E-state index is 5.38. The summed E-state index contributed by atoms with van der Waals surface area (Å²) in [5.41, 5.74) is 3.64. The molecule has 134 valence electrons. The van der Waals surface area contributed by atoms with Crippen molar-refractivity contribution in [3.8, 4) is 0 Å². The molecule has 0 spiro atoms. The highest BCUT2D eigenvalue weighted by molar-refractivity contribution is 7.98. The summed E-state index contributed by atoms with van der Waals surface area (Å²) >= 11 is 7.25. The quantitative estimate of drug-likeness (QED) is 0.569. The fourth-order valence-corrected chi connectivity index (χ4v) is 3.54. The number of piperazine rings is 1. The fourth-order valence-electron chi connectivity index (χ4n) is 2.89. The zero-order chi connectivity index (χ0) is 17.4. The van der Waals surface area contributed by atoms with Crippen molar-refractivity contribution < 1.29 is 0 Å². The number of nitrogens with zero attached hydrogens (tertiary/aromatic N) is 2. The van der Waals surface area contributed by atoms with Gasteiger partial charge in [0.25, 0.3) is 0 Å². The van der Waals surface area contributed by atoms with Gasteiger partial charge >= 0.3 is 0 Å². The highest BCUT2D eigenvalue weighted by Gasteiger charge is 2.16. The Labute approximate surface area is 156 Å². The van der Waals surface area contributed by atoms with Gasteiger partial charge in [-0.3, -0.25) is 0 Å². The molecule has 0 radical (unpaired) electrons. The number of rotatable bonds is 7. The van der Waals surface area contributed by atoms with E-state index in [1.165, 1.54) is 11.3 Å². The van der Waals surface area contributed by atoms with E-state index in [-0.39, 0.29) is 0 Å². The van der Waals surface area contributed by atoms with Crippen molar-refractivity contribution in [2.45, 2.75) is 20.3 Å². The van der Waals surface area contributed by atoms with E-state index < -0.39 is 0 Å². The molecule has 0 atom stereocenters. The lowest BCUT2D eigenvalue weighted by molar-refractivity contribution is 0.271. The normalized spacial score (nSPS) is 15.4. The fraction of sp³-hybridized carbons (Fsp3) is 0.611. The van der Waals surface area contributed by atoms with Gasteiger partial charge in [0, 0.05) is 44.1 Å². The number of thioether (sulfide) groups is 1. The van der Waals surface area contributed by atoms with Crippen LogP contribution in [0.5, 0.6) is 0 Å². The van der Waals surface area contributed by atoms with E-state index in [0.717, 1.165) is 57.1 Å². The molecule has 0 saturated carbocycles. The molecule has 4 nitrogen and oxygen atoms in total. The molecule has 1 aliphatic heterocycles. The van der Waals surface area contributed by atoms with E-state index >= 15 is 0 Å². The van der Waals surface area contributed by atoms with Gasteiger partial charge in [-0.1, -0.05) is 6.92 Å². The first-order valence-corrected chi connectivity index (χ1v) is 10.6. The molecule has 24 heavy (non-hydrogen) atoms. The molecule has 1 fully saturated rings. The third-order valence-electron chi connectivity index (χ3n) is 4.45. The Kier molecular flexibility index (Phi) is 8.15. The molecular weight excluding hydrogens is 336 g/mol. The molecule has 1 aromatic carbocycles. The predicted octanol–water partition coefficient (Wildman–Crippen LogP) is 3.18. The lowest BCUT2D eigenvalue weighted by Gasteiger charge is -2.35. The standard InChI is InChI=1S/C18H30N4S2/c1-4-21-9-11-22(12-10-21)16-6-7-17(15(2)14-16)20-18(23)19-8-5-13-24-3/h6-7,14H,4-5,8-13H2,1-3H3,(H2,19,20,23). The van der Waals surface area contributed by atoms with Gasteiger partial charge in [-0.05, 0) is 67.9 Å². The number of benzene rings is 1. The maximum Gasteiger partial charge on any atom is 0.170 e. The van der Waals surface area contributed by atoms with Gasteiger partial charge in [0.1, 0.15) is 0 Å². The zero-order valence-electron chi connectivity index (χ0n) is 15.1. The molecular formula is C18H30N4S2. The van der Waals surface area contributed by atoms with Crippen LogP contribution in [0.15, 0.2) is 18.2 Å². The molecule has 2 rings (SSSR count). The van der Waals surface area contributed by atoms with Crippen LogP contribution >= 0.6 is 24.0 Å². The van der Waals surface area contributed by atoms with E-state index in [1.54, 1.807) is 0 Å². The molecule has 1 saturated heterocycles. The second kappa shape index (κ2) is 10.1. The second-order valence-corrected chi connectivity index (χ2v) is 7.54. The second-order valence-electron chi connectivity index (χ2n) is 6.15. The highest BCUT2D eigenvalue weighted by Crippen LogP contribution is 2.23. The molecule has 1 aromatic rings. The van der Waals surface area contributed by atoms with Crippen molar-refractivity contribution in [2.24, 2.45) is 0 Å². The van der Waals surface area contributed by atoms with Crippen LogP contribution in [0.2, 0.25) is 0 Å². The van der Waals surface area contributed by atoms with E-state index in [2.05, 4.69) is 58.7 Å². The van der Waals surface area contributed by atoms with Crippen LogP contribution in [0, 0.1) is 6.92 Å². The van der Waals surface area contributed by atoms with Crippen LogP contribution in [0.1, 0.15) is 18.9 Å². The van der Waals surface area contributed by atoms with E-state index in [9.17, 15) is 0 Å². The Balaban J connectivity index is 1.86. The summed E-state index contributed by atoms with van der Waals surface area (Å²) in [5, 5.41) is 7.31.